The van der Waals surface area contributed by atoms with Gasteiger partial charge in [0.25, 0.3) is 0 Å². The van der Waals surface area contributed by atoms with E-state index < -0.39 is 0 Å². The second-order valence-corrected chi connectivity index (χ2v) is 4.04. The molecule has 1 aliphatic rings. The molecule has 0 spiro atoms. The first-order valence-electron chi connectivity index (χ1n) is 5.03. The van der Waals surface area contributed by atoms with Crippen LogP contribution in [-0.2, 0) is 9.53 Å². The molecule has 0 amide bonds. The molecule has 3 nitrogen and oxygen atoms in total. The first kappa shape index (κ1) is 10.5. The monoisotopic (exact) mass is 185 g/mol. The Bertz CT molecular complexity index is 174. The van der Waals surface area contributed by atoms with Crippen LogP contribution in [0.3, 0.4) is 0 Å². The number of rotatable bonds is 3. The lowest BCUT2D eigenvalue weighted by atomic mass is 9.78. The maximum Gasteiger partial charge on any atom is 0.306 e. The van der Waals surface area contributed by atoms with Crippen molar-refractivity contribution in [1.29, 1.82) is 0 Å². The summed E-state index contributed by atoms with van der Waals surface area (Å²) in [4.78, 5) is 11.3. The lowest BCUT2D eigenvalue weighted by Crippen LogP contribution is -2.36. The van der Waals surface area contributed by atoms with Gasteiger partial charge in [-0.15, -0.1) is 0 Å². The average molecular weight is 185 g/mol. The first-order valence-corrected chi connectivity index (χ1v) is 5.03. The third-order valence-corrected chi connectivity index (χ3v) is 2.69. The van der Waals surface area contributed by atoms with E-state index >= 15 is 0 Å². The molecule has 1 heterocycles. The molecule has 0 unspecified atom stereocenters. The van der Waals surface area contributed by atoms with Crippen molar-refractivity contribution in [3.05, 3.63) is 0 Å². The van der Waals surface area contributed by atoms with Gasteiger partial charge in [0.1, 0.15) is 0 Å². The Balaban J connectivity index is 2.36. The Labute approximate surface area is 79.8 Å². The minimum Gasteiger partial charge on any atom is -0.466 e. The molecule has 0 aliphatic carbocycles. The number of hydrogen-bond acceptors (Lipinski definition) is 3. The van der Waals surface area contributed by atoms with Crippen LogP contribution in [0.2, 0.25) is 0 Å². The van der Waals surface area contributed by atoms with Crippen molar-refractivity contribution >= 4 is 5.97 Å². The fraction of sp³-hybridized carbons (Fsp3) is 0.900. The van der Waals surface area contributed by atoms with E-state index in [-0.39, 0.29) is 11.4 Å². The Morgan fingerprint density at radius 2 is 2.08 bits per heavy atom. The van der Waals surface area contributed by atoms with Gasteiger partial charge in [-0.2, -0.15) is 0 Å². The quantitative estimate of drug-likeness (QED) is 0.674. The number of ether oxygens (including phenoxy) is 1. The number of nitrogens with one attached hydrogen (secondary N) is 1. The van der Waals surface area contributed by atoms with Crippen LogP contribution in [0.15, 0.2) is 0 Å². The van der Waals surface area contributed by atoms with Crippen LogP contribution >= 0.6 is 0 Å². The number of piperidine rings is 1. The standard InChI is InChI=1S/C10H19NO2/c1-3-13-9(12)8-10(2)4-6-11-7-5-10/h11H,3-8H2,1-2H3. The lowest BCUT2D eigenvalue weighted by Gasteiger charge is -2.32. The SMILES string of the molecule is CCOC(=O)CC1(C)CCNCC1. The molecule has 3 heteroatoms. The summed E-state index contributed by atoms with van der Waals surface area (Å²) in [5.41, 5.74) is 0.164. The van der Waals surface area contributed by atoms with Crippen LogP contribution in [0.4, 0.5) is 0 Å². The number of hydrogen-bond donors (Lipinski definition) is 1. The van der Waals surface area contributed by atoms with Crippen LogP contribution in [0.25, 0.3) is 0 Å². The van der Waals surface area contributed by atoms with Crippen molar-refractivity contribution in [3.8, 4) is 0 Å². The second kappa shape index (κ2) is 4.61. The summed E-state index contributed by atoms with van der Waals surface area (Å²) < 4.78 is 4.95. The van der Waals surface area contributed by atoms with Gasteiger partial charge < -0.3 is 10.1 Å². The van der Waals surface area contributed by atoms with E-state index in [1.165, 1.54) is 0 Å². The Morgan fingerprint density at radius 3 is 2.62 bits per heavy atom. The summed E-state index contributed by atoms with van der Waals surface area (Å²) >= 11 is 0. The van der Waals surface area contributed by atoms with Crippen LogP contribution in [0.1, 0.15) is 33.1 Å². The largest absolute Gasteiger partial charge is 0.466 e. The van der Waals surface area contributed by atoms with Crippen molar-refractivity contribution in [1.82, 2.24) is 5.32 Å². The van der Waals surface area contributed by atoms with Crippen molar-refractivity contribution in [2.75, 3.05) is 19.7 Å². The van der Waals surface area contributed by atoms with Crippen LogP contribution in [0.5, 0.6) is 0 Å². The smallest absolute Gasteiger partial charge is 0.306 e. The van der Waals surface area contributed by atoms with Gasteiger partial charge in [0.05, 0.1) is 13.0 Å². The molecule has 1 fully saturated rings. The fourth-order valence-electron chi connectivity index (χ4n) is 1.77. The highest BCUT2D eigenvalue weighted by atomic mass is 16.5. The van der Waals surface area contributed by atoms with Crippen molar-refractivity contribution in [2.24, 2.45) is 5.41 Å². The number of carbonyl (C=O) groups is 1. The minimum atomic E-state index is -0.0492. The molecule has 1 aliphatic heterocycles. The van der Waals surface area contributed by atoms with Crippen molar-refractivity contribution in [3.63, 3.8) is 0 Å². The zero-order valence-corrected chi connectivity index (χ0v) is 8.56. The van der Waals surface area contributed by atoms with E-state index in [1.54, 1.807) is 0 Å². The zero-order chi connectivity index (χ0) is 9.73. The van der Waals surface area contributed by atoms with E-state index in [9.17, 15) is 4.79 Å². The van der Waals surface area contributed by atoms with E-state index in [2.05, 4.69) is 12.2 Å². The maximum absolute atomic E-state index is 11.3. The molecule has 0 aromatic rings. The highest BCUT2D eigenvalue weighted by Gasteiger charge is 2.29. The molecule has 1 rings (SSSR count). The summed E-state index contributed by atoms with van der Waals surface area (Å²) in [5.74, 6) is -0.0492. The summed E-state index contributed by atoms with van der Waals surface area (Å²) in [6.45, 7) is 6.56. The fourth-order valence-corrected chi connectivity index (χ4v) is 1.77. The molecule has 0 atom stereocenters. The summed E-state index contributed by atoms with van der Waals surface area (Å²) in [7, 11) is 0. The van der Waals surface area contributed by atoms with Crippen LogP contribution in [-0.4, -0.2) is 25.7 Å². The molecule has 13 heavy (non-hydrogen) atoms. The van der Waals surface area contributed by atoms with Crippen LogP contribution < -0.4 is 5.32 Å². The third kappa shape index (κ3) is 3.35. The van der Waals surface area contributed by atoms with E-state index in [0.29, 0.717) is 13.0 Å². The van der Waals surface area contributed by atoms with Gasteiger partial charge in [-0.25, -0.2) is 0 Å². The highest BCUT2D eigenvalue weighted by Crippen LogP contribution is 2.31. The minimum absolute atomic E-state index is 0.0492. The zero-order valence-electron chi connectivity index (χ0n) is 8.56. The van der Waals surface area contributed by atoms with Gasteiger partial charge >= 0.3 is 5.97 Å². The molecule has 0 aromatic heterocycles. The molecule has 0 radical (unpaired) electrons. The molecule has 76 valence electrons. The number of esters is 1. The maximum atomic E-state index is 11.3. The average Bonchev–Trinajstić information content (AvgIpc) is 2.04. The summed E-state index contributed by atoms with van der Waals surface area (Å²) in [6.07, 6.45) is 2.72. The first-order chi connectivity index (χ1) is 6.16. The normalized spacial score (nSPS) is 21.1. The van der Waals surface area contributed by atoms with E-state index in [4.69, 9.17) is 4.74 Å². The van der Waals surface area contributed by atoms with Gasteiger partial charge in [-0.1, -0.05) is 6.92 Å². The molecule has 0 aromatic carbocycles. The van der Waals surface area contributed by atoms with Gasteiger partial charge in [-0.05, 0) is 38.3 Å². The van der Waals surface area contributed by atoms with E-state index in [0.717, 1.165) is 25.9 Å². The van der Waals surface area contributed by atoms with Gasteiger partial charge in [0.15, 0.2) is 0 Å². The van der Waals surface area contributed by atoms with Gasteiger partial charge in [0, 0.05) is 0 Å². The molecular formula is C10H19NO2. The lowest BCUT2D eigenvalue weighted by molar-refractivity contribution is -0.146. The third-order valence-electron chi connectivity index (χ3n) is 2.69. The van der Waals surface area contributed by atoms with E-state index in [1.807, 2.05) is 6.92 Å². The van der Waals surface area contributed by atoms with Crippen LogP contribution in [0, 0.1) is 5.41 Å². The topological polar surface area (TPSA) is 38.3 Å². The molecule has 0 bridgehead atoms. The Kier molecular flexibility index (Phi) is 3.72. The molecule has 0 saturated carbocycles. The number of carbonyl (C=O) groups excluding carboxylic acids is 1. The highest BCUT2D eigenvalue weighted by molar-refractivity contribution is 5.70. The molecular weight excluding hydrogens is 166 g/mol. The predicted octanol–water partition coefficient (Wildman–Crippen LogP) is 1.33. The molecule has 1 saturated heterocycles. The summed E-state index contributed by atoms with van der Waals surface area (Å²) in [6, 6.07) is 0. The summed E-state index contributed by atoms with van der Waals surface area (Å²) in [5, 5.41) is 3.29. The van der Waals surface area contributed by atoms with Crippen molar-refractivity contribution < 1.29 is 9.53 Å². The van der Waals surface area contributed by atoms with Gasteiger partial charge in [0.2, 0.25) is 0 Å². The predicted molar refractivity (Wildman–Crippen MR) is 51.5 cm³/mol. The van der Waals surface area contributed by atoms with Gasteiger partial charge in [-0.3, -0.25) is 4.79 Å². The Morgan fingerprint density at radius 1 is 1.46 bits per heavy atom. The van der Waals surface area contributed by atoms with Crippen molar-refractivity contribution in [2.45, 2.75) is 33.1 Å². The second-order valence-electron chi connectivity index (χ2n) is 4.04. The Hall–Kier alpha value is -0.570. The molecule has 1 N–H and O–H groups in total.